The van der Waals surface area contributed by atoms with E-state index in [2.05, 4.69) is 38.1 Å². The summed E-state index contributed by atoms with van der Waals surface area (Å²) in [5, 5.41) is 0. The third-order valence-corrected chi connectivity index (χ3v) is 4.90. The number of likely N-dealkylation sites (N-methyl/N-ethyl adjacent to an activating group) is 1. The molecule has 0 heterocycles. The first-order valence-electron chi connectivity index (χ1n) is 5.06. The van der Waals surface area contributed by atoms with Gasteiger partial charge in [-0.3, -0.25) is 9.69 Å². The van der Waals surface area contributed by atoms with E-state index in [1.807, 2.05) is 0 Å². The molecule has 0 aromatic heterocycles. The summed E-state index contributed by atoms with van der Waals surface area (Å²) in [7, 11) is 7.74. The van der Waals surface area contributed by atoms with Crippen molar-refractivity contribution < 1.29 is 4.79 Å². The summed E-state index contributed by atoms with van der Waals surface area (Å²) in [5.74, 6) is 2.18. The molecule has 0 aliphatic carbocycles. The van der Waals surface area contributed by atoms with Gasteiger partial charge in [-0.15, -0.1) is 22.8 Å². The summed E-state index contributed by atoms with van der Waals surface area (Å²) in [4.78, 5) is 14.0. The predicted molar refractivity (Wildman–Crippen MR) is 87.9 cm³/mol. The maximum absolute atomic E-state index is 11.8. The zero-order valence-electron chi connectivity index (χ0n) is 9.59. The summed E-state index contributed by atoms with van der Waals surface area (Å²) in [6, 6.07) is 0. The number of nitrogens with zero attached hydrogens (tertiary/aromatic N) is 2. The second-order valence-corrected chi connectivity index (χ2v) is 7.30. The van der Waals surface area contributed by atoms with Gasteiger partial charge in [-0.1, -0.05) is 23.8 Å². The highest BCUT2D eigenvalue weighted by Gasteiger charge is 2.12. The molecule has 0 spiro atoms. The van der Waals surface area contributed by atoms with E-state index in [1.165, 1.54) is 0 Å². The van der Waals surface area contributed by atoms with Crippen molar-refractivity contribution in [1.29, 1.82) is 0 Å². The minimum absolute atomic E-state index is 0.180. The van der Waals surface area contributed by atoms with Gasteiger partial charge in [0, 0.05) is 24.6 Å². The lowest BCUT2D eigenvalue weighted by molar-refractivity contribution is -0.127. The summed E-state index contributed by atoms with van der Waals surface area (Å²) in [5.41, 5.74) is 0. The molecule has 0 aliphatic rings. The number of carbonyl (C=O) groups excluding carboxylic acids is 1. The third kappa shape index (κ3) is 8.50. The minimum Gasteiger partial charge on any atom is -0.325 e. The first-order chi connectivity index (χ1) is 7.65. The Morgan fingerprint density at radius 3 is 2.25 bits per heavy atom. The van der Waals surface area contributed by atoms with Crippen LogP contribution in [0.25, 0.3) is 0 Å². The van der Waals surface area contributed by atoms with Crippen molar-refractivity contribution in [1.82, 2.24) is 9.57 Å². The molecule has 16 heavy (non-hydrogen) atoms. The Hall–Kier alpha value is 1.42. The molecule has 0 rings (SSSR count). The van der Waals surface area contributed by atoms with Crippen molar-refractivity contribution in [3.63, 3.8) is 0 Å². The number of hydrogen-bond acceptors (Lipinski definition) is 4. The van der Waals surface area contributed by atoms with Crippen molar-refractivity contribution in [3.8, 4) is 0 Å². The lowest BCUT2D eigenvalue weighted by atomic mass is 10.4. The molecule has 8 heteroatoms. The Morgan fingerprint density at radius 2 is 1.75 bits per heavy atom. The summed E-state index contributed by atoms with van der Waals surface area (Å²) in [6.45, 7) is 5.29. The number of rotatable bonds is 9. The predicted octanol–water partition coefficient (Wildman–Crippen LogP) is 1.97. The van der Waals surface area contributed by atoms with Crippen LogP contribution in [0.4, 0.5) is 0 Å². The van der Waals surface area contributed by atoms with Crippen LogP contribution in [0.1, 0.15) is 6.92 Å². The van der Waals surface area contributed by atoms with Gasteiger partial charge >= 0.3 is 0 Å². The molecule has 0 radical (unpaired) electrons. The van der Waals surface area contributed by atoms with E-state index < -0.39 is 0 Å². The van der Waals surface area contributed by atoms with E-state index >= 15 is 0 Å². The summed E-state index contributed by atoms with van der Waals surface area (Å²) in [6.07, 6.45) is 0. The van der Waals surface area contributed by atoms with Crippen molar-refractivity contribution >= 4 is 54.9 Å². The standard InChI is InChI=1S/C8H21N2OP3S2/c1-2-9(3-5-15-13)7-8(11)10(12)4-6-16-14/h2-7,12-14H2,1H3. The Bertz CT molecular complexity index is 200. The average Bonchev–Trinajstić information content (AvgIpc) is 2.30. The topological polar surface area (TPSA) is 23.6 Å². The molecule has 0 saturated carbocycles. The minimum atomic E-state index is 0.180. The molecule has 0 bridgehead atoms. The van der Waals surface area contributed by atoms with Gasteiger partial charge in [0.2, 0.25) is 5.91 Å². The van der Waals surface area contributed by atoms with Gasteiger partial charge in [0.05, 0.1) is 6.54 Å². The maximum atomic E-state index is 11.8. The van der Waals surface area contributed by atoms with Gasteiger partial charge in [-0.05, 0) is 15.9 Å². The molecule has 0 saturated heterocycles. The molecule has 96 valence electrons. The normalized spacial score (nSPS) is 10.8. The molecule has 0 aromatic carbocycles. The summed E-state index contributed by atoms with van der Waals surface area (Å²) >= 11 is 3.41. The highest BCUT2D eigenvalue weighted by molar-refractivity contribution is 8.44. The molecule has 1 amide bonds. The Labute approximate surface area is 114 Å². The van der Waals surface area contributed by atoms with Gasteiger partial charge in [-0.25, -0.2) is 0 Å². The first-order valence-corrected chi connectivity index (χ1v) is 10.5. The van der Waals surface area contributed by atoms with Crippen LogP contribution in [0.5, 0.6) is 0 Å². The van der Waals surface area contributed by atoms with Crippen molar-refractivity contribution in [2.24, 2.45) is 0 Å². The van der Waals surface area contributed by atoms with Gasteiger partial charge in [0.25, 0.3) is 0 Å². The second-order valence-electron chi connectivity index (χ2n) is 3.20. The van der Waals surface area contributed by atoms with Gasteiger partial charge < -0.3 is 4.67 Å². The lowest BCUT2D eigenvalue weighted by Gasteiger charge is -2.23. The van der Waals surface area contributed by atoms with Crippen LogP contribution >= 0.6 is 49.0 Å². The maximum Gasteiger partial charge on any atom is 0.239 e. The average molecular weight is 318 g/mol. The van der Waals surface area contributed by atoms with E-state index in [4.69, 9.17) is 0 Å². The molecule has 0 aliphatic heterocycles. The Kier molecular flexibility index (Phi) is 12.5. The van der Waals surface area contributed by atoms with E-state index in [1.54, 1.807) is 27.4 Å². The zero-order chi connectivity index (χ0) is 12.4. The van der Waals surface area contributed by atoms with Crippen molar-refractivity contribution in [2.75, 3.05) is 37.7 Å². The highest BCUT2D eigenvalue weighted by atomic mass is 32.7. The molecule has 3 atom stereocenters. The number of amides is 1. The van der Waals surface area contributed by atoms with Crippen LogP contribution in [0.15, 0.2) is 0 Å². The Morgan fingerprint density at radius 1 is 1.19 bits per heavy atom. The zero-order valence-corrected chi connectivity index (χ0v) is 14.7. The smallest absolute Gasteiger partial charge is 0.239 e. The van der Waals surface area contributed by atoms with Crippen LogP contribution in [0.2, 0.25) is 0 Å². The van der Waals surface area contributed by atoms with Gasteiger partial charge in [0.1, 0.15) is 0 Å². The van der Waals surface area contributed by atoms with Crippen LogP contribution in [-0.2, 0) is 4.79 Å². The molecular weight excluding hydrogens is 297 g/mol. The summed E-state index contributed by atoms with van der Waals surface area (Å²) < 4.78 is 1.73. The monoisotopic (exact) mass is 318 g/mol. The van der Waals surface area contributed by atoms with Gasteiger partial charge in [-0.2, -0.15) is 0 Å². The van der Waals surface area contributed by atoms with Crippen molar-refractivity contribution in [2.45, 2.75) is 6.92 Å². The molecular formula is C8H21N2OP3S2. The third-order valence-electron chi connectivity index (χ3n) is 2.10. The molecule has 0 N–H and O–H groups in total. The largest absolute Gasteiger partial charge is 0.325 e. The van der Waals surface area contributed by atoms with Gasteiger partial charge in [0.15, 0.2) is 0 Å². The molecule has 3 unspecified atom stereocenters. The number of carbonyl (C=O) groups is 1. The molecule has 0 fully saturated rings. The second kappa shape index (κ2) is 11.5. The van der Waals surface area contributed by atoms with E-state index in [0.29, 0.717) is 6.54 Å². The lowest BCUT2D eigenvalue weighted by Crippen LogP contribution is -2.37. The van der Waals surface area contributed by atoms with Crippen LogP contribution in [0, 0.1) is 0 Å². The van der Waals surface area contributed by atoms with E-state index in [9.17, 15) is 4.79 Å². The highest BCUT2D eigenvalue weighted by Crippen LogP contribution is 2.12. The fourth-order valence-corrected chi connectivity index (χ4v) is 2.78. The SMILES string of the molecule is CCN(CCSP)CC(=O)N(P)CCSP. The van der Waals surface area contributed by atoms with Crippen LogP contribution in [0.3, 0.4) is 0 Å². The van der Waals surface area contributed by atoms with Crippen LogP contribution < -0.4 is 0 Å². The number of hydrogen-bond donors (Lipinski definition) is 0. The fraction of sp³-hybridized carbons (Fsp3) is 0.875. The van der Waals surface area contributed by atoms with Crippen LogP contribution in [-0.4, -0.2) is 53.2 Å². The Balaban J connectivity index is 3.88. The quantitative estimate of drug-likeness (QED) is 0.607. The molecule has 3 nitrogen and oxygen atoms in total. The van der Waals surface area contributed by atoms with E-state index in [-0.39, 0.29) is 5.91 Å². The molecule has 0 aromatic rings. The fourth-order valence-electron chi connectivity index (χ4n) is 1.09. The first kappa shape index (κ1) is 17.4. The van der Waals surface area contributed by atoms with E-state index in [0.717, 1.165) is 31.1 Å². The van der Waals surface area contributed by atoms with Crippen molar-refractivity contribution in [3.05, 3.63) is 0 Å².